The molecule has 0 saturated heterocycles. The van der Waals surface area contributed by atoms with E-state index in [1.165, 1.54) is 51.0 Å². The third kappa shape index (κ3) is 9.71. The predicted octanol–water partition coefficient (Wildman–Crippen LogP) is 3.99. The van der Waals surface area contributed by atoms with Gasteiger partial charge in [-0.1, -0.05) is 0 Å². The number of amidine groups is 1. The summed E-state index contributed by atoms with van der Waals surface area (Å²) in [7, 11) is 0. The van der Waals surface area contributed by atoms with Crippen LogP contribution in [0.25, 0.3) is 0 Å². The molecule has 0 bridgehead atoms. The van der Waals surface area contributed by atoms with Crippen molar-refractivity contribution in [3.05, 3.63) is 0 Å². The Morgan fingerprint density at radius 3 is 2.39 bits per heavy atom. The summed E-state index contributed by atoms with van der Waals surface area (Å²) in [6.45, 7) is 14.4. The van der Waals surface area contributed by atoms with Crippen molar-refractivity contribution in [2.45, 2.75) is 97.3 Å². The van der Waals surface area contributed by atoms with Crippen LogP contribution in [0.4, 0.5) is 4.79 Å². The second-order valence-electron chi connectivity index (χ2n) is 10.4. The summed E-state index contributed by atoms with van der Waals surface area (Å²) in [4.78, 5) is 27.4. The lowest BCUT2D eigenvalue weighted by molar-refractivity contribution is -0.538. The highest BCUT2D eigenvalue weighted by Crippen LogP contribution is 2.19. The second-order valence-corrected chi connectivity index (χ2v) is 11.5. The van der Waals surface area contributed by atoms with Crippen molar-refractivity contribution < 1.29 is 23.6 Å². The van der Waals surface area contributed by atoms with Gasteiger partial charge in [-0.25, -0.2) is 9.59 Å². The number of hydrogen-bond donors (Lipinski definition) is 1. The number of hydrogen-bond acceptors (Lipinski definition) is 6. The number of ether oxygens (including phenoxy) is 2. The minimum absolute atomic E-state index is 0.416. The Balaban J connectivity index is 1.90. The first-order valence-electron chi connectivity index (χ1n) is 11.6. The van der Waals surface area contributed by atoms with Gasteiger partial charge in [-0.05, 0) is 73.0 Å². The zero-order valence-corrected chi connectivity index (χ0v) is 21.1. The van der Waals surface area contributed by atoms with Crippen LogP contribution in [-0.2, 0) is 14.3 Å². The maximum absolute atomic E-state index is 12.7. The molecule has 0 saturated carbocycles. The highest BCUT2D eigenvalue weighted by Gasteiger charge is 2.30. The van der Waals surface area contributed by atoms with E-state index in [2.05, 4.69) is 14.8 Å². The Kier molecular flexibility index (Phi) is 9.52. The van der Waals surface area contributed by atoms with E-state index in [1.54, 1.807) is 32.5 Å². The van der Waals surface area contributed by atoms with E-state index >= 15 is 0 Å². The Bertz CT molecular complexity index is 652. The van der Waals surface area contributed by atoms with Crippen LogP contribution in [0.5, 0.6) is 0 Å². The van der Waals surface area contributed by atoms with Crippen LogP contribution >= 0.6 is 11.8 Å². The van der Waals surface area contributed by atoms with E-state index in [0.29, 0.717) is 6.42 Å². The van der Waals surface area contributed by atoms with E-state index in [-0.39, 0.29) is 0 Å². The Labute approximate surface area is 192 Å². The number of amides is 1. The summed E-state index contributed by atoms with van der Waals surface area (Å²) in [5, 5.41) is 2.71. The van der Waals surface area contributed by atoms with Crippen molar-refractivity contribution >= 4 is 29.7 Å². The number of nitrogens with one attached hydrogen (secondary N) is 1. The standard InChI is InChI=1S/C23H41N3O4S/c1-22(2,3)29-20(27)18(24-21(28)30-23(4,5)6)12-16-31-17-26-15-10-14-25-13-9-7-8-11-19(25)26/h18H,7-17H2,1-6H3/p+1. The molecule has 0 aromatic heterocycles. The Morgan fingerprint density at radius 1 is 1.03 bits per heavy atom. The molecule has 1 N–H and O–H groups in total. The zero-order valence-electron chi connectivity index (χ0n) is 20.3. The summed E-state index contributed by atoms with van der Waals surface area (Å²) >= 11 is 1.80. The highest BCUT2D eigenvalue weighted by molar-refractivity contribution is 7.99. The molecule has 0 aromatic carbocycles. The fourth-order valence-electron chi connectivity index (χ4n) is 3.82. The number of rotatable bonds is 7. The SMILES string of the molecule is CC(C)(C)OC(=O)NC(CCSCN1CCC[N+]2=C1CCCCC2)C(=O)OC(C)(C)C. The minimum Gasteiger partial charge on any atom is -0.458 e. The lowest BCUT2D eigenvalue weighted by Crippen LogP contribution is -2.46. The quantitative estimate of drug-likeness (QED) is 0.355. The van der Waals surface area contributed by atoms with Gasteiger partial charge in [0.1, 0.15) is 23.1 Å². The fraction of sp³-hybridized carbons (Fsp3) is 0.870. The molecule has 1 amide bonds. The molecular weight excluding hydrogens is 414 g/mol. The molecule has 31 heavy (non-hydrogen) atoms. The van der Waals surface area contributed by atoms with Crippen LogP contribution in [0, 0.1) is 0 Å². The van der Waals surface area contributed by atoms with Gasteiger partial charge in [-0.2, -0.15) is 0 Å². The average Bonchev–Trinajstić information content (AvgIpc) is 2.87. The molecule has 2 rings (SSSR count). The van der Waals surface area contributed by atoms with Crippen LogP contribution in [0.3, 0.4) is 0 Å². The van der Waals surface area contributed by atoms with Crippen molar-refractivity contribution in [3.63, 3.8) is 0 Å². The molecule has 178 valence electrons. The van der Waals surface area contributed by atoms with Crippen LogP contribution in [0.15, 0.2) is 0 Å². The second kappa shape index (κ2) is 11.4. The van der Waals surface area contributed by atoms with Gasteiger partial charge in [0.2, 0.25) is 5.84 Å². The third-order valence-corrected chi connectivity index (χ3v) is 6.11. The van der Waals surface area contributed by atoms with Crippen molar-refractivity contribution in [3.8, 4) is 0 Å². The Hall–Kier alpha value is -1.44. The van der Waals surface area contributed by atoms with Crippen molar-refractivity contribution in [1.82, 2.24) is 10.2 Å². The normalized spacial score (nSPS) is 18.7. The first-order valence-corrected chi connectivity index (χ1v) is 12.8. The highest BCUT2D eigenvalue weighted by atomic mass is 32.2. The maximum Gasteiger partial charge on any atom is 0.408 e. The van der Waals surface area contributed by atoms with Crippen molar-refractivity contribution in [2.75, 3.05) is 31.3 Å². The number of esters is 1. The molecule has 0 aromatic rings. The van der Waals surface area contributed by atoms with E-state index in [1.807, 2.05) is 20.8 Å². The molecule has 1 unspecified atom stereocenters. The zero-order chi connectivity index (χ0) is 23.1. The summed E-state index contributed by atoms with van der Waals surface area (Å²) in [5.41, 5.74) is -1.22. The molecule has 1 atom stereocenters. The first-order chi connectivity index (χ1) is 14.4. The van der Waals surface area contributed by atoms with Crippen molar-refractivity contribution in [2.24, 2.45) is 0 Å². The van der Waals surface area contributed by atoms with Gasteiger partial charge >= 0.3 is 12.1 Å². The van der Waals surface area contributed by atoms with Crippen LogP contribution < -0.4 is 5.32 Å². The molecule has 0 fully saturated rings. The topological polar surface area (TPSA) is 70.9 Å². The molecule has 0 radical (unpaired) electrons. The predicted molar refractivity (Wildman–Crippen MR) is 126 cm³/mol. The fourth-order valence-corrected chi connectivity index (χ4v) is 4.85. The first kappa shape index (κ1) is 25.8. The molecule has 0 spiro atoms. The van der Waals surface area contributed by atoms with Crippen LogP contribution in [0.1, 0.15) is 80.1 Å². The van der Waals surface area contributed by atoms with Gasteiger partial charge in [-0.15, -0.1) is 11.8 Å². The molecule has 2 heterocycles. The van der Waals surface area contributed by atoms with Gasteiger partial charge in [0, 0.05) is 12.8 Å². The van der Waals surface area contributed by atoms with E-state index in [9.17, 15) is 9.59 Å². The maximum atomic E-state index is 12.7. The molecule has 2 aliphatic heterocycles. The smallest absolute Gasteiger partial charge is 0.408 e. The summed E-state index contributed by atoms with van der Waals surface area (Å²) < 4.78 is 13.4. The largest absolute Gasteiger partial charge is 0.458 e. The van der Waals surface area contributed by atoms with Crippen LogP contribution in [0.2, 0.25) is 0 Å². The average molecular weight is 457 g/mol. The molecule has 7 nitrogen and oxygen atoms in total. The number of thioether (sulfide) groups is 1. The van der Waals surface area contributed by atoms with Crippen LogP contribution in [-0.4, -0.2) is 75.9 Å². The number of carbonyl (C=O) groups excluding carboxylic acids is 2. The van der Waals surface area contributed by atoms with E-state index < -0.39 is 29.3 Å². The van der Waals surface area contributed by atoms with E-state index in [4.69, 9.17) is 9.47 Å². The molecule has 2 aliphatic rings. The summed E-state index contributed by atoms with van der Waals surface area (Å²) in [6.07, 6.45) is 6.16. The molecule has 8 heteroatoms. The monoisotopic (exact) mass is 456 g/mol. The van der Waals surface area contributed by atoms with Gasteiger partial charge < -0.3 is 14.8 Å². The lowest BCUT2D eigenvalue weighted by Gasteiger charge is -2.27. The third-order valence-electron chi connectivity index (χ3n) is 5.09. The number of alkyl carbamates (subject to hydrolysis) is 1. The van der Waals surface area contributed by atoms with Gasteiger partial charge in [0.25, 0.3) is 0 Å². The van der Waals surface area contributed by atoms with E-state index in [0.717, 1.165) is 18.2 Å². The lowest BCUT2D eigenvalue weighted by atomic mass is 10.1. The van der Waals surface area contributed by atoms with Crippen molar-refractivity contribution in [1.29, 1.82) is 0 Å². The molecule has 0 aliphatic carbocycles. The van der Waals surface area contributed by atoms with Gasteiger partial charge in [0.15, 0.2) is 0 Å². The molecular formula is C23H42N3O4S+. The summed E-state index contributed by atoms with van der Waals surface area (Å²) in [5.74, 6) is 2.75. The van der Waals surface area contributed by atoms with Gasteiger partial charge in [-0.3, -0.25) is 9.48 Å². The number of carbonyl (C=O) groups is 2. The van der Waals surface area contributed by atoms with Gasteiger partial charge in [0.05, 0.1) is 19.6 Å². The minimum atomic E-state index is -0.718. The number of nitrogens with zero attached hydrogens (tertiary/aromatic N) is 2. The summed E-state index contributed by atoms with van der Waals surface area (Å²) in [6, 6.07) is -0.718. The Morgan fingerprint density at radius 2 is 1.71 bits per heavy atom.